The van der Waals surface area contributed by atoms with Crippen LogP contribution in [0.15, 0.2) is 18.3 Å². The van der Waals surface area contributed by atoms with E-state index in [4.69, 9.17) is 11.6 Å². The fourth-order valence-corrected chi connectivity index (χ4v) is 0.425. The molecule has 1 nitrogen and oxygen atoms in total. The Balaban J connectivity index is -0.000000149. The van der Waals surface area contributed by atoms with Crippen molar-refractivity contribution in [2.45, 2.75) is 0 Å². The van der Waals surface area contributed by atoms with Crippen molar-refractivity contribution in [3.63, 3.8) is 0 Å². The van der Waals surface area contributed by atoms with Gasteiger partial charge in [-0.05, 0) is 0 Å². The van der Waals surface area contributed by atoms with Crippen LogP contribution in [0.3, 0.4) is 0 Å². The Morgan fingerprint density at radius 1 is 1.45 bits per heavy atom. The van der Waals surface area contributed by atoms with E-state index in [-0.39, 0.29) is 19.8 Å². The average molecular weight is 414 g/mol. The number of aromatic nitrogens is 1. The molecule has 0 saturated carbocycles. The number of hydrogen-bond donors (Lipinski definition) is 0. The van der Waals surface area contributed by atoms with Crippen molar-refractivity contribution in [3.8, 4) is 0 Å². The summed E-state index contributed by atoms with van der Waals surface area (Å²) < 4.78 is 0. The minimum atomic E-state index is 0. The van der Waals surface area contributed by atoms with Crippen molar-refractivity contribution < 1.29 is 15.6 Å². The van der Waals surface area contributed by atoms with Crippen molar-refractivity contribution in [1.29, 1.82) is 0 Å². The zero-order valence-corrected chi connectivity index (χ0v) is 13.0. The number of rotatable bonds is 0. The maximum atomic E-state index is 5.37. The van der Waals surface area contributed by atoms with Crippen molar-refractivity contribution in [3.05, 3.63) is 29.5 Å². The van der Waals surface area contributed by atoms with Crippen LogP contribution in [-0.2, 0) is 15.6 Å². The SMILES string of the molecule is Clc1[c-]cccn1.P.P.[Pd+][I]. The summed E-state index contributed by atoms with van der Waals surface area (Å²) in [6.07, 6.45) is 1.62. The van der Waals surface area contributed by atoms with Gasteiger partial charge in [0.25, 0.3) is 0 Å². The Hall–Kier alpha value is 1.69. The van der Waals surface area contributed by atoms with Crippen LogP contribution in [0.25, 0.3) is 0 Å². The third-order valence-corrected chi connectivity index (χ3v) is 0.779. The molecule has 0 fully saturated rings. The van der Waals surface area contributed by atoms with E-state index in [1.165, 1.54) is 0 Å². The van der Waals surface area contributed by atoms with Gasteiger partial charge >= 0.3 is 35.1 Å². The summed E-state index contributed by atoms with van der Waals surface area (Å²) in [4.78, 5) is 3.69. The molecule has 1 heterocycles. The second kappa shape index (κ2) is 14.2. The number of pyridine rings is 1. The van der Waals surface area contributed by atoms with Crippen LogP contribution in [0.4, 0.5) is 0 Å². The van der Waals surface area contributed by atoms with E-state index in [1.807, 2.05) is 19.5 Å². The second-order valence-electron chi connectivity index (χ2n) is 1.07. The monoisotopic (exact) mass is 413 g/mol. The van der Waals surface area contributed by atoms with Crippen LogP contribution in [0.5, 0.6) is 0 Å². The summed E-state index contributed by atoms with van der Waals surface area (Å²) in [5.41, 5.74) is 0. The van der Waals surface area contributed by atoms with Crippen LogP contribution in [-0.4, -0.2) is 4.98 Å². The fraction of sp³-hybridized carbons (Fsp3) is 0. The van der Waals surface area contributed by atoms with Crippen molar-refractivity contribution in [2.75, 3.05) is 0 Å². The standard InChI is InChI=1S/C5H3ClN.HI.2H3P.Pd/c6-5-3-1-2-4-7-5;;;;/h1-2,4H;1H;2*1H3;/q-1;;;;+2/p-1. The van der Waals surface area contributed by atoms with Gasteiger partial charge in [0.05, 0.1) is 0 Å². The second-order valence-corrected chi connectivity index (χ2v) is 1.43. The summed E-state index contributed by atoms with van der Waals surface area (Å²) >= 11 is 10.1. The molecule has 0 radical (unpaired) electrons. The van der Waals surface area contributed by atoms with Gasteiger partial charge in [0, 0.05) is 5.15 Å². The molecule has 0 bridgehead atoms. The zero-order chi connectivity index (χ0) is 7.11. The van der Waals surface area contributed by atoms with Crippen molar-refractivity contribution in [2.24, 2.45) is 0 Å². The number of halogens is 2. The summed E-state index contributed by atoms with van der Waals surface area (Å²) in [6.45, 7) is 0. The third kappa shape index (κ3) is 11.7. The molecule has 0 aliphatic rings. The van der Waals surface area contributed by atoms with Gasteiger partial charge in [0.2, 0.25) is 0 Å². The normalized spacial score (nSPS) is 6.18. The van der Waals surface area contributed by atoms with Gasteiger partial charge in [-0.15, -0.1) is 0 Å². The van der Waals surface area contributed by atoms with Crippen molar-refractivity contribution in [1.82, 2.24) is 4.98 Å². The molecule has 0 aromatic carbocycles. The van der Waals surface area contributed by atoms with E-state index in [9.17, 15) is 0 Å². The Bertz CT molecular complexity index is 154. The van der Waals surface area contributed by atoms with E-state index < -0.39 is 0 Å². The Morgan fingerprint density at radius 3 is 2.18 bits per heavy atom. The number of hydrogen-bond acceptors (Lipinski definition) is 1. The Kier molecular flexibility index (Phi) is 23.9. The maximum absolute atomic E-state index is 5.37. The van der Waals surface area contributed by atoms with E-state index in [1.54, 1.807) is 18.3 Å². The molecule has 2 atom stereocenters. The van der Waals surface area contributed by atoms with Gasteiger partial charge < -0.3 is 0 Å². The van der Waals surface area contributed by atoms with E-state index >= 15 is 0 Å². The van der Waals surface area contributed by atoms with Gasteiger partial charge in [-0.25, -0.2) is 12.1 Å². The molecule has 11 heavy (non-hydrogen) atoms. The van der Waals surface area contributed by atoms with Crippen LogP contribution in [0, 0.1) is 6.07 Å². The summed E-state index contributed by atoms with van der Waals surface area (Å²) in [7, 11) is 0. The molecule has 0 saturated heterocycles. The average Bonchev–Trinajstić information content (AvgIpc) is 1.94. The fourth-order valence-electron chi connectivity index (χ4n) is 0.306. The number of nitrogens with zero attached hydrogens (tertiary/aromatic N) is 1. The van der Waals surface area contributed by atoms with Crippen molar-refractivity contribution >= 4 is 50.9 Å². The topological polar surface area (TPSA) is 12.9 Å². The van der Waals surface area contributed by atoms with Gasteiger partial charge in [-0.3, -0.25) is 4.98 Å². The molecule has 68 valence electrons. The van der Waals surface area contributed by atoms with Gasteiger partial charge in [-0.1, -0.05) is 17.8 Å². The third-order valence-electron chi connectivity index (χ3n) is 0.573. The first-order valence-electron chi connectivity index (χ1n) is 2.00. The Labute approximate surface area is 100 Å². The van der Waals surface area contributed by atoms with Gasteiger partial charge in [0.15, 0.2) is 0 Å². The first kappa shape index (κ1) is 18.5. The Morgan fingerprint density at radius 2 is 2.00 bits per heavy atom. The molecule has 0 aliphatic carbocycles. The quantitative estimate of drug-likeness (QED) is 0.209. The summed E-state index contributed by atoms with van der Waals surface area (Å²) in [5.74, 6) is 0. The predicted octanol–water partition coefficient (Wildman–Crippen LogP) is 2.53. The molecule has 1 aromatic rings. The van der Waals surface area contributed by atoms with Gasteiger partial charge in [0.1, 0.15) is 0 Å². The molecular formula is C5H9ClINP2Pd. The first-order valence-corrected chi connectivity index (χ1v) is 7.00. The molecule has 1 aromatic heterocycles. The van der Waals surface area contributed by atoms with Crippen LogP contribution < -0.4 is 0 Å². The molecule has 6 heteroatoms. The molecule has 0 aliphatic heterocycles. The zero-order valence-electron chi connectivity index (χ0n) is 5.67. The van der Waals surface area contributed by atoms with Crippen LogP contribution in [0.1, 0.15) is 0 Å². The predicted molar refractivity (Wildman–Crippen MR) is 64.3 cm³/mol. The van der Waals surface area contributed by atoms with Crippen LogP contribution >= 0.6 is 50.9 Å². The summed E-state index contributed by atoms with van der Waals surface area (Å²) in [5, 5.41) is 0.419. The molecule has 2 unspecified atom stereocenters. The molecular weight excluding hydrogens is 405 g/mol. The minimum absolute atomic E-state index is 0. The first-order chi connectivity index (χ1) is 4.39. The molecule has 0 spiro atoms. The molecule has 1 rings (SSSR count). The summed E-state index contributed by atoms with van der Waals surface area (Å²) in [6, 6.07) is 6.17. The van der Waals surface area contributed by atoms with E-state index in [2.05, 4.69) is 26.6 Å². The molecule has 0 amide bonds. The van der Waals surface area contributed by atoms with Crippen LogP contribution in [0.2, 0.25) is 5.15 Å². The molecule has 0 N–H and O–H groups in total. The van der Waals surface area contributed by atoms with E-state index in [0.717, 1.165) is 0 Å². The van der Waals surface area contributed by atoms with E-state index in [0.29, 0.717) is 5.15 Å². The van der Waals surface area contributed by atoms with Gasteiger partial charge in [-0.2, -0.15) is 25.9 Å².